The summed E-state index contributed by atoms with van der Waals surface area (Å²) in [6.45, 7) is -3.07. The van der Waals surface area contributed by atoms with Crippen LogP contribution in [0.2, 0.25) is 0 Å². The van der Waals surface area contributed by atoms with Gasteiger partial charge >= 0.3 is 18.8 Å². The van der Waals surface area contributed by atoms with Gasteiger partial charge in [-0.1, -0.05) is 30.3 Å². The lowest BCUT2D eigenvalue weighted by Gasteiger charge is -2.09. The Hall–Kier alpha value is -2.64. The van der Waals surface area contributed by atoms with Gasteiger partial charge in [-0.15, -0.1) is 0 Å². The first-order valence-electron chi connectivity index (χ1n) is 7.09. The Balaban J connectivity index is 1.88. The van der Waals surface area contributed by atoms with Crippen molar-refractivity contribution in [1.82, 2.24) is 0 Å². The van der Waals surface area contributed by atoms with E-state index in [9.17, 15) is 26.7 Å². The predicted molar refractivity (Wildman–Crippen MR) is 78.0 cm³/mol. The molecule has 0 spiro atoms. The highest BCUT2D eigenvalue weighted by molar-refractivity contribution is 5.72. The second-order valence-corrected chi connectivity index (χ2v) is 5.06. The molecule has 0 unspecified atom stereocenters. The molecule has 2 aromatic rings. The van der Waals surface area contributed by atoms with Crippen molar-refractivity contribution in [1.29, 1.82) is 0 Å². The van der Waals surface area contributed by atoms with E-state index in [1.807, 2.05) is 0 Å². The smallest absolute Gasteiger partial charge is 0.416 e. The summed E-state index contributed by atoms with van der Waals surface area (Å²) in [5, 5.41) is 0. The zero-order chi connectivity index (χ0) is 18.4. The number of ether oxygens (including phenoxy) is 2. The van der Waals surface area contributed by atoms with E-state index in [2.05, 4.69) is 4.74 Å². The van der Waals surface area contributed by atoms with E-state index in [-0.39, 0.29) is 24.3 Å². The van der Waals surface area contributed by atoms with Crippen LogP contribution in [0.1, 0.15) is 16.7 Å². The monoisotopic (exact) mass is 360 g/mol. The molecule has 0 aliphatic rings. The van der Waals surface area contributed by atoms with E-state index < -0.39 is 24.3 Å². The van der Waals surface area contributed by atoms with Crippen LogP contribution in [0.15, 0.2) is 48.5 Å². The minimum absolute atomic E-state index is 0.0333. The third kappa shape index (κ3) is 6.06. The molecule has 2 aromatic carbocycles. The summed E-state index contributed by atoms with van der Waals surface area (Å²) in [4.78, 5) is 11.7. The van der Waals surface area contributed by atoms with E-state index in [0.717, 1.165) is 12.1 Å². The van der Waals surface area contributed by atoms with Gasteiger partial charge < -0.3 is 9.47 Å². The van der Waals surface area contributed by atoms with Crippen LogP contribution in [0, 0.1) is 0 Å². The number of carbonyl (C=O) groups is 1. The van der Waals surface area contributed by atoms with Gasteiger partial charge in [0.05, 0.1) is 12.0 Å². The summed E-state index contributed by atoms with van der Waals surface area (Å²) in [5.74, 6) is -0.735. The molecule has 0 saturated carbocycles. The fourth-order valence-corrected chi connectivity index (χ4v) is 2.01. The first-order chi connectivity index (χ1) is 11.7. The average molecular weight is 360 g/mol. The minimum Gasteiger partial charge on any atom is -0.461 e. The maximum Gasteiger partial charge on any atom is 0.416 e. The SMILES string of the molecule is O=C(Cc1cccc(C(F)(F)F)c1)OCc1ccc(OC(F)F)cc1. The quantitative estimate of drug-likeness (QED) is 0.558. The molecule has 0 N–H and O–H groups in total. The number of rotatable bonds is 6. The van der Waals surface area contributed by atoms with Crippen molar-refractivity contribution >= 4 is 5.97 Å². The summed E-state index contributed by atoms with van der Waals surface area (Å²) in [7, 11) is 0. The van der Waals surface area contributed by atoms with Crippen molar-refractivity contribution in [3.8, 4) is 5.75 Å². The van der Waals surface area contributed by atoms with Crippen LogP contribution in [0.3, 0.4) is 0 Å². The summed E-state index contributed by atoms with van der Waals surface area (Å²) < 4.78 is 71.0. The molecule has 134 valence electrons. The molecule has 0 radical (unpaired) electrons. The van der Waals surface area contributed by atoms with Gasteiger partial charge in [0.25, 0.3) is 0 Å². The molecule has 3 nitrogen and oxygen atoms in total. The van der Waals surface area contributed by atoms with E-state index in [4.69, 9.17) is 4.74 Å². The van der Waals surface area contributed by atoms with Gasteiger partial charge in [0.15, 0.2) is 0 Å². The Bertz CT molecular complexity index is 711. The van der Waals surface area contributed by atoms with E-state index >= 15 is 0 Å². The van der Waals surface area contributed by atoms with Crippen molar-refractivity contribution in [2.75, 3.05) is 0 Å². The van der Waals surface area contributed by atoms with Gasteiger partial charge in [0.2, 0.25) is 0 Å². The highest BCUT2D eigenvalue weighted by Gasteiger charge is 2.30. The Kier molecular flexibility index (Phi) is 5.95. The number of alkyl halides is 5. The summed E-state index contributed by atoms with van der Waals surface area (Å²) in [5.41, 5.74) is -0.132. The Morgan fingerprint density at radius 3 is 2.28 bits per heavy atom. The van der Waals surface area contributed by atoms with Crippen molar-refractivity contribution in [2.24, 2.45) is 0 Å². The van der Waals surface area contributed by atoms with Crippen LogP contribution in [0.4, 0.5) is 22.0 Å². The average Bonchev–Trinajstić information content (AvgIpc) is 2.53. The first-order valence-corrected chi connectivity index (χ1v) is 7.09. The van der Waals surface area contributed by atoms with Crippen LogP contribution in [-0.2, 0) is 28.7 Å². The molecule has 0 heterocycles. The molecule has 2 rings (SSSR count). The van der Waals surface area contributed by atoms with E-state index in [1.165, 1.54) is 36.4 Å². The van der Waals surface area contributed by atoms with Crippen molar-refractivity contribution in [3.63, 3.8) is 0 Å². The minimum atomic E-state index is -4.48. The molecule has 0 aliphatic carbocycles. The maximum absolute atomic E-state index is 12.6. The number of esters is 1. The van der Waals surface area contributed by atoms with Gasteiger partial charge in [-0.3, -0.25) is 4.79 Å². The second-order valence-electron chi connectivity index (χ2n) is 5.06. The Morgan fingerprint density at radius 1 is 1.00 bits per heavy atom. The number of hydrogen-bond acceptors (Lipinski definition) is 3. The van der Waals surface area contributed by atoms with Crippen LogP contribution >= 0.6 is 0 Å². The lowest BCUT2D eigenvalue weighted by molar-refractivity contribution is -0.144. The highest BCUT2D eigenvalue weighted by atomic mass is 19.4. The Morgan fingerprint density at radius 2 is 1.68 bits per heavy atom. The van der Waals surface area contributed by atoms with Crippen LogP contribution in [0.25, 0.3) is 0 Å². The summed E-state index contributed by atoms with van der Waals surface area (Å²) in [6.07, 6.45) is -4.79. The molecule has 25 heavy (non-hydrogen) atoms. The van der Waals surface area contributed by atoms with Gasteiger partial charge in [-0.05, 0) is 29.3 Å². The molecule has 0 aromatic heterocycles. The normalized spacial score (nSPS) is 11.4. The van der Waals surface area contributed by atoms with Gasteiger partial charge in [0.1, 0.15) is 12.4 Å². The second kappa shape index (κ2) is 7.96. The highest BCUT2D eigenvalue weighted by Crippen LogP contribution is 2.29. The lowest BCUT2D eigenvalue weighted by atomic mass is 10.1. The van der Waals surface area contributed by atoms with Crippen molar-refractivity contribution in [3.05, 3.63) is 65.2 Å². The fourth-order valence-electron chi connectivity index (χ4n) is 2.01. The summed E-state index contributed by atoms with van der Waals surface area (Å²) in [6, 6.07) is 9.88. The molecule has 0 aliphatic heterocycles. The number of hydrogen-bond donors (Lipinski definition) is 0. The van der Waals surface area contributed by atoms with Crippen LogP contribution < -0.4 is 4.74 Å². The molecule has 8 heteroatoms. The molecule has 0 saturated heterocycles. The molecule has 0 fully saturated rings. The predicted octanol–water partition coefficient (Wildman–Crippen LogP) is 4.59. The van der Waals surface area contributed by atoms with Crippen molar-refractivity contribution < 1.29 is 36.2 Å². The van der Waals surface area contributed by atoms with Gasteiger partial charge in [-0.25, -0.2) is 0 Å². The number of carbonyl (C=O) groups excluding carboxylic acids is 1. The lowest BCUT2D eigenvalue weighted by Crippen LogP contribution is -2.10. The zero-order valence-electron chi connectivity index (χ0n) is 12.7. The third-order valence-corrected chi connectivity index (χ3v) is 3.15. The molecule has 0 atom stereocenters. The van der Waals surface area contributed by atoms with Crippen LogP contribution in [-0.4, -0.2) is 12.6 Å². The zero-order valence-corrected chi connectivity index (χ0v) is 12.7. The van der Waals surface area contributed by atoms with E-state index in [0.29, 0.717) is 5.56 Å². The third-order valence-electron chi connectivity index (χ3n) is 3.15. The molecule has 0 bridgehead atoms. The molecular weight excluding hydrogens is 347 g/mol. The van der Waals surface area contributed by atoms with Crippen molar-refractivity contribution in [2.45, 2.75) is 25.8 Å². The number of benzene rings is 2. The Labute approximate surface area is 140 Å². The molecular formula is C17H13F5O3. The van der Waals surface area contributed by atoms with Gasteiger partial charge in [0, 0.05) is 0 Å². The topological polar surface area (TPSA) is 35.5 Å². The largest absolute Gasteiger partial charge is 0.461 e. The van der Waals surface area contributed by atoms with Gasteiger partial charge in [-0.2, -0.15) is 22.0 Å². The maximum atomic E-state index is 12.6. The fraction of sp³-hybridized carbons (Fsp3) is 0.235. The van der Waals surface area contributed by atoms with Crippen LogP contribution in [0.5, 0.6) is 5.75 Å². The molecule has 0 amide bonds. The van der Waals surface area contributed by atoms with E-state index in [1.54, 1.807) is 0 Å². The standard InChI is InChI=1S/C17H13F5O3/c18-16(19)25-14-6-4-11(5-7-14)10-24-15(23)9-12-2-1-3-13(8-12)17(20,21)22/h1-8,16H,9-10H2. The first kappa shape index (κ1) is 18.7. The number of halogens is 5. The summed E-state index contributed by atoms with van der Waals surface area (Å²) >= 11 is 0.